The largest absolute Gasteiger partial charge is 0.507 e. The van der Waals surface area contributed by atoms with Gasteiger partial charge in [-0.3, -0.25) is 0 Å². The Morgan fingerprint density at radius 1 is 1.33 bits per heavy atom. The Balaban J connectivity index is 2.44. The topological polar surface area (TPSA) is 28.4 Å². The summed E-state index contributed by atoms with van der Waals surface area (Å²) in [5.74, 6) is 0.277. The minimum atomic E-state index is -0.396. The van der Waals surface area contributed by atoms with E-state index in [0.29, 0.717) is 6.54 Å². The monoisotopic (exact) mass is 250 g/mol. The van der Waals surface area contributed by atoms with Gasteiger partial charge in [0.2, 0.25) is 0 Å². The standard InChI is InChI=1S/C14H19FN2O/c1-16(2)8-6-11-10-17(9-7-15)12-4-3-5-13(18)14(11)12/h3-5,10,18H,6-9H2,1-2H3. The number of likely N-dealkylation sites (N-methyl/N-ethyl adjacent to an activating group) is 1. The van der Waals surface area contributed by atoms with Crippen molar-refractivity contribution in [3.8, 4) is 5.75 Å². The molecular formula is C14H19FN2O. The maximum Gasteiger partial charge on any atom is 0.125 e. The summed E-state index contributed by atoms with van der Waals surface area (Å²) in [6.45, 7) is 0.845. The van der Waals surface area contributed by atoms with Crippen molar-refractivity contribution in [3.63, 3.8) is 0 Å². The second kappa shape index (κ2) is 5.40. The lowest BCUT2D eigenvalue weighted by molar-refractivity contribution is 0.413. The zero-order valence-electron chi connectivity index (χ0n) is 10.9. The van der Waals surface area contributed by atoms with Crippen molar-refractivity contribution in [1.82, 2.24) is 9.47 Å². The van der Waals surface area contributed by atoms with Gasteiger partial charge in [-0.05, 0) is 38.2 Å². The first kappa shape index (κ1) is 12.9. The van der Waals surface area contributed by atoms with Gasteiger partial charge in [0.1, 0.15) is 12.4 Å². The van der Waals surface area contributed by atoms with Crippen molar-refractivity contribution < 1.29 is 9.50 Å². The van der Waals surface area contributed by atoms with E-state index >= 15 is 0 Å². The van der Waals surface area contributed by atoms with Crippen LogP contribution in [-0.4, -0.2) is 41.9 Å². The number of phenolic OH excluding ortho intramolecular Hbond substituents is 1. The van der Waals surface area contributed by atoms with Crippen LogP contribution in [0, 0.1) is 0 Å². The highest BCUT2D eigenvalue weighted by atomic mass is 19.1. The molecule has 0 atom stereocenters. The SMILES string of the molecule is CN(C)CCc1cn(CCF)c2cccc(O)c12. The van der Waals surface area contributed by atoms with Crippen LogP contribution in [0.15, 0.2) is 24.4 Å². The number of nitrogens with zero attached hydrogens (tertiary/aromatic N) is 2. The first-order chi connectivity index (χ1) is 8.63. The molecule has 0 amide bonds. The van der Waals surface area contributed by atoms with E-state index in [4.69, 9.17) is 0 Å². The maximum atomic E-state index is 12.5. The number of alkyl halides is 1. The fraction of sp³-hybridized carbons (Fsp3) is 0.429. The Labute approximate surface area is 106 Å². The Hall–Kier alpha value is -1.55. The van der Waals surface area contributed by atoms with Crippen LogP contribution >= 0.6 is 0 Å². The van der Waals surface area contributed by atoms with Gasteiger partial charge in [-0.1, -0.05) is 6.07 Å². The van der Waals surface area contributed by atoms with Gasteiger partial charge in [0.05, 0.1) is 12.1 Å². The molecule has 98 valence electrons. The molecule has 2 rings (SSSR count). The predicted molar refractivity (Wildman–Crippen MR) is 71.8 cm³/mol. The number of hydrogen-bond donors (Lipinski definition) is 1. The Bertz CT molecular complexity index is 534. The summed E-state index contributed by atoms with van der Waals surface area (Å²) < 4.78 is 14.4. The van der Waals surface area contributed by atoms with Gasteiger partial charge >= 0.3 is 0 Å². The first-order valence-corrected chi connectivity index (χ1v) is 6.14. The summed E-state index contributed by atoms with van der Waals surface area (Å²) in [7, 11) is 4.03. The van der Waals surface area contributed by atoms with Gasteiger partial charge in [0, 0.05) is 18.1 Å². The highest BCUT2D eigenvalue weighted by molar-refractivity contribution is 5.89. The van der Waals surface area contributed by atoms with Crippen LogP contribution < -0.4 is 0 Å². The number of rotatable bonds is 5. The minimum absolute atomic E-state index is 0.277. The van der Waals surface area contributed by atoms with Crippen molar-refractivity contribution in [1.29, 1.82) is 0 Å². The molecule has 0 radical (unpaired) electrons. The van der Waals surface area contributed by atoms with E-state index in [1.807, 2.05) is 30.9 Å². The molecule has 1 N–H and O–H groups in total. The lowest BCUT2D eigenvalue weighted by Crippen LogP contribution is -2.14. The van der Waals surface area contributed by atoms with E-state index in [-0.39, 0.29) is 5.75 Å². The third-order valence-electron chi connectivity index (χ3n) is 3.12. The second-order valence-electron chi connectivity index (χ2n) is 4.76. The van der Waals surface area contributed by atoms with Crippen LogP contribution in [0.3, 0.4) is 0 Å². The molecule has 2 aromatic rings. The molecule has 0 aliphatic carbocycles. The third-order valence-corrected chi connectivity index (χ3v) is 3.12. The van der Waals surface area contributed by atoms with Gasteiger partial charge in [0.15, 0.2) is 0 Å². The molecule has 3 nitrogen and oxygen atoms in total. The van der Waals surface area contributed by atoms with E-state index in [2.05, 4.69) is 4.90 Å². The van der Waals surface area contributed by atoms with Crippen LogP contribution in [0.4, 0.5) is 4.39 Å². The zero-order chi connectivity index (χ0) is 13.1. The number of benzene rings is 1. The van der Waals surface area contributed by atoms with E-state index < -0.39 is 6.67 Å². The molecule has 0 unspecified atom stereocenters. The number of aromatic hydroxyl groups is 1. The van der Waals surface area contributed by atoms with Crippen molar-refractivity contribution in [3.05, 3.63) is 30.0 Å². The smallest absolute Gasteiger partial charge is 0.125 e. The summed E-state index contributed by atoms with van der Waals surface area (Å²) >= 11 is 0. The highest BCUT2D eigenvalue weighted by Gasteiger charge is 2.11. The van der Waals surface area contributed by atoms with Gasteiger partial charge in [-0.15, -0.1) is 0 Å². The Morgan fingerprint density at radius 3 is 2.78 bits per heavy atom. The van der Waals surface area contributed by atoms with Gasteiger partial charge in [-0.2, -0.15) is 0 Å². The average Bonchev–Trinajstić information content (AvgIpc) is 2.67. The molecule has 4 heteroatoms. The normalized spacial score (nSPS) is 11.6. The number of halogens is 1. The lowest BCUT2D eigenvalue weighted by Gasteiger charge is -2.08. The molecule has 1 aromatic heterocycles. The molecule has 1 aromatic carbocycles. The summed E-state index contributed by atoms with van der Waals surface area (Å²) in [6, 6.07) is 5.40. The summed E-state index contributed by atoms with van der Waals surface area (Å²) in [5.41, 5.74) is 1.98. The number of aryl methyl sites for hydroxylation is 1. The second-order valence-corrected chi connectivity index (χ2v) is 4.76. The number of aromatic nitrogens is 1. The van der Waals surface area contributed by atoms with Crippen LogP contribution in [0.5, 0.6) is 5.75 Å². The van der Waals surface area contributed by atoms with Crippen LogP contribution in [0.2, 0.25) is 0 Å². The lowest BCUT2D eigenvalue weighted by atomic mass is 10.1. The number of fused-ring (bicyclic) bond motifs is 1. The van der Waals surface area contributed by atoms with Gasteiger partial charge < -0.3 is 14.6 Å². The van der Waals surface area contributed by atoms with Crippen LogP contribution in [0.1, 0.15) is 5.56 Å². The first-order valence-electron chi connectivity index (χ1n) is 6.14. The molecule has 18 heavy (non-hydrogen) atoms. The van der Waals surface area contributed by atoms with Crippen molar-refractivity contribution in [2.24, 2.45) is 0 Å². The van der Waals surface area contributed by atoms with Gasteiger partial charge in [0.25, 0.3) is 0 Å². The molecule has 0 bridgehead atoms. The van der Waals surface area contributed by atoms with Crippen LogP contribution in [-0.2, 0) is 13.0 Å². The van der Waals surface area contributed by atoms with Crippen molar-refractivity contribution in [2.75, 3.05) is 27.3 Å². The third kappa shape index (κ3) is 2.48. The molecule has 0 saturated heterocycles. The van der Waals surface area contributed by atoms with Crippen LogP contribution in [0.25, 0.3) is 10.9 Å². The molecule has 1 heterocycles. The quantitative estimate of drug-likeness (QED) is 0.882. The van der Waals surface area contributed by atoms with E-state index in [1.54, 1.807) is 12.1 Å². The molecule has 0 aliphatic rings. The molecule has 0 aliphatic heterocycles. The van der Waals surface area contributed by atoms with E-state index in [9.17, 15) is 9.50 Å². The Morgan fingerprint density at radius 2 is 2.11 bits per heavy atom. The molecule has 0 saturated carbocycles. The van der Waals surface area contributed by atoms with E-state index in [1.165, 1.54) is 0 Å². The number of hydrogen-bond acceptors (Lipinski definition) is 2. The molecule has 0 fully saturated rings. The van der Waals surface area contributed by atoms with Crippen molar-refractivity contribution >= 4 is 10.9 Å². The zero-order valence-corrected chi connectivity index (χ0v) is 10.9. The van der Waals surface area contributed by atoms with Crippen molar-refractivity contribution in [2.45, 2.75) is 13.0 Å². The summed E-state index contributed by atoms with van der Waals surface area (Å²) in [6.07, 6.45) is 2.80. The summed E-state index contributed by atoms with van der Waals surface area (Å²) in [5, 5.41) is 10.8. The Kier molecular flexibility index (Phi) is 3.87. The fourth-order valence-electron chi connectivity index (χ4n) is 2.23. The fourth-order valence-corrected chi connectivity index (χ4v) is 2.23. The highest BCUT2D eigenvalue weighted by Crippen LogP contribution is 2.30. The summed E-state index contributed by atoms with van der Waals surface area (Å²) in [4.78, 5) is 2.10. The number of phenols is 1. The molecular weight excluding hydrogens is 231 g/mol. The van der Waals surface area contributed by atoms with E-state index in [0.717, 1.165) is 29.4 Å². The van der Waals surface area contributed by atoms with Gasteiger partial charge in [-0.25, -0.2) is 4.39 Å². The minimum Gasteiger partial charge on any atom is -0.507 e. The predicted octanol–water partition coefficient (Wildman–Crippen LogP) is 2.42. The maximum absolute atomic E-state index is 12.5. The average molecular weight is 250 g/mol. The molecule has 0 spiro atoms.